The Balaban J connectivity index is 1.82. The van der Waals surface area contributed by atoms with Crippen molar-refractivity contribution in [3.63, 3.8) is 0 Å². The number of benzene rings is 4. The number of para-hydroxylation sites is 2. The molecule has 0 saturated heterocycles. The molecular weight excluding hydrogens is 556 g/mol. The van der Waals surface area contributed by atoms with E-state index in [-0.39, 0.29) is 34.0 Å². The molecule has 1 heterocycles. The Bertz CT molecular complexity index is 1720. The molecule has 1 unspecified atom stereocenters. The molecule has 1 atom stereocenters. The zero-order valence-corrected chi connectivity index (χ0v) is 23.2. The molecule has 4 aromatic rings. The van der Waals surface area contributed by atoms with Gasteiger partial charge in [0.1, 0.15) is 5.82 Å². The number of nitro groups is 1. The largest absolute Gasteiger partial charge is 0.384 e. The molecule has 2 N–H and O–H groups in total. The van der Waals surface area contributed by atoms with E-state index in [0.717, 1.165) is 5.56 Å². The maximum Gasteiger partial charge on any atom is 0.273 e. The number of nitrogens with two attached hydrogens (primary N) is 1. The highest BCUT2D eigenvalue weighted by Crippen LogP contribution is 2.49. The SMILES string of the molecule is N#CC1=C(N)N(c2ccccc2)C(SCc2ccccc2)=C(C(=O)c2ccc(Cl)cc2)C1c1ccccc1[N+](=O)[O-]. The van der Waals surface area contributed by atoms with E-state index >= 15 is 0 Å². The van der Waals surface area contributed by atoms with Gasteiger partial charge in [-0.1, -0.05) is 78.3 Å². The molecule has 0 saturated carbocycles. The third-order valence-electron chi connectivity index (χ3n) is 6.68. The molecule has 0 fully saturated rings. The standard InChI is InChI=1S/C32H23ClN4O3S/c33-23-17-15-22(16-18-23)30(38)29-28(25-13-7-8-14-27(25)37(39)40)26(19-34)31(35)36(24-11-5-2-6-12-24)32(29)41-20-21-9-3-1-4-10-21/h1-18,28H,20,35H2. The smallest absolute Gasteiger partial charge is 0.273 e. The predicted octanol–water partition coefficient (Wildman–Crippen LogP) is 7.57. The number of Topliss-reactive ketones (excluding diaryl/α,β-unsaturated/α-hetero) is 1. The number of nitro benzene ring substituents is 1. The van der Waals surface area contributed by atoms with Crippen molar-refractivity contribution in [2.75, 3.05) is 4.90 Å². The Kier molecular flexibility index (Phi) is 8.20. The number of nitriles is 1. The first-order valence-electron chi connectivity index (χ1n) is 12.6. The first-order chi connectivity index (χ1) is 19.9. The summed E-state index contributed by atoms with van der Waals surface area (Å²) in [5, 5.41) is 23.5. The van der Waals surface area contributed by atoms with Gasteiger partial charge in [0, 0.05) is 39.2 Å². The first-order valence-corrected chi connectivity index (χ1v) is 14.0. The second-order valence-corrected chi connectivity index (χ2v) is 10.6. The molecule has 0 aliphatic carbocycles. The van der Waals surface area contributed by atoms with Crippen LogP contribution in [0.15, 0.2) is 131 Å². The molecule has 4 aromatic carbocycles. The highest BCUT2D eigenvalue weighted by molar-refractivity contribution is 8.02. The fourth-order valence-corrected chi connectivity index (χ4v) is 6.10. The number of ketones is 1. The van der Waals surface area contributed by atoms with Crippen molar-refractivity contribution in [2.24, 2.45) is 5.73 Å². The summed E-state index contributed by atoms with van der Waals surface area (Å²) in [4.78, 5) is 27.8. The van der Waals surface area contributed by atoms with E-state index in [1.54, 1.807) is 47.4 Å². The summed E-state index contributed by atoms with van der Waals surface area (Å²) < 4.78 is 0. The van der Waals surface area contributed by atoms with Crippen LogP contribution in [0.25, 0.3) is 0 Å². The van der Waals surface area contributed by atoms with Crippen LogP contribution in [0.1, 0.15) is 27.4 Å². The normalized spacial score (nSPS) is 15.0. The minimum absolute atomic E-state index is 0.0459. The maximum atomic E-state index is 14.5. The summed E-state index contributed by atoms with van der Waals surface area (Å²) in [6.07, 6.45) is 0. The molecule has 1 aliphatic heterocycles. The number of allylic oxidation sites excluding steroid dienone is 2. The lowest BCUT2D eigenvalue weighted by molar-refractivity contribution is -0.385. The molecule has 0 aromatic heterocycles. The van der Waals surface area contributed by atoms with Gasteiger partial charge in [-0.3, -0.25) is 19.8 Å². The fourth-order valence-electron chi connectivity index (χ4n) is 4.78. The van der Waals surface area contributed by atoms with Crippen LogP contribution < -0.4 is 10.6 Å². The summed E-state index contributed by atoms with van der Waals surface area (Å²) in [6.45, 7) is 0. The van der Waals surface area contributed by atoms with Gasteiger partial charge in [-0.2, -0.15) is 5.26 Å². The van der Waals surface area contributed by atoms with Crippen molar-refractivity contribution < 1.29 is 9.72 Å². The van der Waals surface area contributed by atoms with Crippen LogP contribution in [-0.4, -0.2) is 10.7 Å². The van der Waals surface area contributed by atoms with E-state index in [0.29, 0.717) is 27.1 Å². The highest BCUT2D eigenvalue weighted by atomic mass is 35.5. The van der Waals surface area contributed by atoms with Gasteiger partial charge in [0.15, 0.2) is 5.78 Å². The van der Waals surface area contributed by atoms with Crippen LogP contribution in [0.2, 0.25) is 5.02 Å². The van der Waals surface area contributed by atoms with Gasteiger partial charge in [0.25, 0.3) is 5.69 Å². The van der Waals surface area contributed by atoms with Gasteiger partial charge in [0.05, 0.1) is 27.5 Å². The second kappa shape index (κ2) is 12.1. The zero-order valence-electron chi connectivity index (χ0n) is 21.6. The Morgan fingerprint density at radius 3 is 2.20 bits per heavy atom. The number of nitrogens with zero attached hydrogens (tertiary/aromatic N) is 3. The number of rotatable bonds is 8. The lowest BCUT2D eigenvalue weighted by Crippen LogP contribution is -2.36. The van der Waals surface area contributed by atoms with Gasteiger partial charge in [-0.15, -0.1) is 11.8 Å². The third kappa shape index (κ3) is 5.59. The maximum absolute atomic E-state index is 14.5. The van der Waals surface area contributed by atoms with Gasteiger partial charge in [-0.05, 0) is 42.0 Å². The predicted molar refractivity (Wildman–Crippen MR) is 162 cm³/mol. The lowest BCUT2D eigenvalue weighted by atomic mass is 9.79. The lowest BCUT2D eigenvalue weighted by Gasteiger charge is -2.37. The van der Waals surface area contributed by atoms with Crippen molar-refractivity contribution in [2.45, 2.75) is 11.7 Å². The van der Waals surface area contributed by atoms with Crippen LogP contribution >= 0.6 is 23.4 Å². The molecule has 0 spiro atoms. The molecule has 1 aliphatic rings. The summed E-state index contributed by atoms with van der Waals surface area (Å²) >= 11 is 7.50. The van der Waals surface area contributed by atoms with Crippen molar-refractivity contribution in [3.05, 3.63) is 163 Å². The minimum atomic E-state index is -1.08. The van der Waals surface area contributed by atoms with E-state index in [9.17, 15) is 20.2 Å². The van der Waals surface area contributed by atoms with Crippen molar-refractivity contribution in [1.29, 1.82) is 5.26 Å². The van der Waals surface area contributed by atoms with E-state index < -0.39 is 10.8 Å². The molecule has 0 amide bonds. The monoisotopic (exact) mass is 578 g/mol. The Labute approximate surface area is 246 Å². The van der Waals surface area contributed by atoms with E-state index in [1.807, 2.05) is 60.7 Å². The van der Waals surface area contributed by atoms with Gasteiger partial charge in [-0.25, -0.2) is 0 Å². The number of carbonyl (C=O) groups is 1. The van der Waals surface area contributed by atoms with Crippen molar-refractivity contribution in [1.82, 2.24) is 0 Å². The fraction of sp³-hybridized carbons (Fsp3) is 0.0625. The number of hydrogen-bond donors (Lipinski definition) is 1. The summed E-state index contributed by atoms with van der Waals surface area (Å²) in [5.41, 5.74) is 8.99. The number of carbonyl (C=O) groups excluding carboxylic acids is 1. The highest BCUT2D eigenvalue weighted by Gasteiger charge is 2.42. The Morgan fingerprint density at radius 1 is 0.951 bits per heavy atom. The topological polar surface area (TPSA) is 113 Å². The summed E-state index contributed by atoms with van der Waals surface area (Å²) in [5.74, 6) is -0.884. The van der Waals surface area contributed by atoms with Crippen LogP contribution in [0.4, 0.5) is 11.4 Å². The molecule has 5 rings (SSSR count). The Morgan fingerprint density at radius 2 is 1.56 bits per heavy atom. The summed E-state index contributed by atoms with van der Waals surface area (Å²) in [7, 11) is 0. The molecule has 0 radical (unpaired) electrons. The number of thioether (sulfide) groups is 1. The molecule has 41 heavy (non-hydrogen) atoms. The van der Waals surface area contributed by atoms with Crippen molar-refractivity contribution in [3.8, 4) is 6.07 Å². The number of halogens is 1. The average molecular weight is 579 g/mol. The molecule has 202 valence electrons. The van der Waals surface area contributed by atoms with E-state index in [2.05, 4.69) is 6.07 Å². The van der Waals surface area contributed by atoms with E-state index in [4.69, 9.17) is 17.3 Å². The summed E-state index contributed by atoms with van der Waals surface area (Å²) in [6, 6.07) is 33.7. The third-order valence-corrected chi connectivity index (χ3v) is 8.08. The van der Waals surface area contributed by atoms with Crippen LogP contribution in [0, 0.1) is 21.4 Å². The van der Waals surface area contributed by atoms with Crippen molar-refractivity contribution >= 4 is 40.5 Å². The van der Waals surface area contributed by atoms with Crippen LogP contribution in [0.3, 0.4) is 0 Å². The molecule has 9 heteroatoms. The second-order valence-electron chi connectivity index (χ2n) is 9.16. The van der Waals surface area contributed by atoms with Crippen LogP contribution in [-0.2, 0) is 5.75 Å². The van der Waals surface area contributed by atoms with Gasteiger partial charge >= 0.3 is 0 Å². The van der Waals surface area contributed by atoms with Gasteiger partial charge < -0.3 is 5.73 Å². The Hall–Kier alpha value is -4.84. The zero-order chi connectivity index (χ0) is 28.9. The first kappa shape index (κ1) is 27.7. The van der Waals surface area contributed by atoms with Crippen LogP contribution in [0.5, 0.6) is 0 Å². The number of anilines is 1. The molecular formula is C32H23ClN4O3S. The average Bonchev–Trinajstić information content (AvgIpc) is 3.00. The quantitative estimate of drug-likeness (QED) is 0.130. The molecule has 7 nitrogen and oxygen atoms in total. The number of hydrogen-bond acceptors (Lipinski definition) is 7. The minimum Gasteiger partial charge on any atom is -0.384 e. The molecule has 0 bridgehead atoms. The van der Waals surface area contributed by atoms with E-state index in [1.165, 1.54) is 17.8 Å². The van der Waals surface area contributed by atoms with Gasteiger partial charge in [0.2, 0.25) is 0 Å².